The van der Waals surface area contributed by atoms with E-state index in [4.69, 9.17) is 0 Å². The molecule has 2 nitrogen and oxygen atoms in total. The molecule has 0 fully saturated rings. The molecular weight excluding hydrogens is 144 g/mol. The molecule has 0 aliphatic heterocycles. The Morgan fingerprint density at radius 2 is 2.50 bits per heavy atom. The lowest BCUT2D eigenvalue weighted by molar-refractivity contribution is 0.796. The Morgan fingerprint density at radius 3 is 3.00 bits per heavy atom. The second kappa shape index (κ2) is 3.58. The van der Waals surface area contributed by atoms with Gasteiger partial charge in [0, 0.05) is 12.4 Å². The molecule has 0 radical (unpaired) electrons. The van der Waals surface area contributed by atoms with Crippen LogP contribution >= 0.6 is 12.6 Å². The molecule has 1 aromatic rings. The van der Waals surface area contributed by atoms with Crippen LogP contribution < -0.4 is 5.32 Å². The van der Waals surface area contributed by atoms with Crippen molar-refractivity contribution in [3.63, 3.8) is 0 Å². The third kappa shape index (κ3) is 1.72. The van der Waals surface area contributed by atoms with Crippen molar-refractivity contribution < 1.29 is 0 Å². The van der Waals surface area contributed by atoms with E-state index >= 15 is 0 Å². The Bertz CT molecular complexity index is 188. The molecular formula is C7H10N2S. The minimum absolute atomic E-state index is 0.0914. The SMILES string of the molecule is CNC(S)c1cccnc1. The van der Waals surface area contributed by atoms with Crippen molar-refractivity contribution in [3.8, 4) is 0 Å². The molecule has 0 spiro atoms. The summed E-state index contributed by atoms with van der Waals surface area (Å²) in [7, 11) is 1.87. The van der Waals surface area contributed by atoms with Crippen LogP contribution in [0.2, 0.25) is 0 Å². The molecule has 3 heteroatoms. The quantitative estimate of drug-likeness (QED) is 0.494. The summed E-state index contributed by atoms with van der Waals surface area (Å²) in [5.74, 6) is 0. The van der Waals surface area contributed by atoms with Gasteiger partial charge in [-0.1, -0.05) is 6.07 Å². The van der Waals surface area contributed by atoms with Crippen molar-refractivity contribution in [2.24, 2.45) is 0 Å². The van der Waals surface area contributed by atoms with Gasteiger partial charge in [-0.2, -0.15) is 12.6 Å². The minimum Gasteiger partial charge on any atom is -0.305 e. The molecule has 1 rings (SSSR count). The molecule has 1 aromatic heterocycles. The topological polar surface area (TPSA) is 24.9 Å². The highest BCUT2D eigenvalue weighted by molar-refractivity contribution is 7.80. The van der Waals surface area contributed by atoms with Crippen molar-refractivity contribution in [1.29, 1.82) is 0 Å². The standard InChI is InChI=1S/C7H10N2S/c1-8-7(10)6-3-2-4-9-5-6/h2-5,7-8,10H,1H3. The molecule has 1 N–H and O–H groups in total. The highest BCUT2D eigenvalue weighted by Crippen LogP contribution is 2.12. The molecule has 1 atom stereocenters. The van der Waals surface area contributed by atoms with Crippen LogP contribution in [0.25, 0.3) is 0 Å². The summed E-state index contributed by atoms with van der Waals surface area (Å²) in [5.41, 5.74) is 1.09. The van der Waals surface area contributed by atoms with E-state index in [0.717, 1.165) is 5.56 Å². The Balaban J connectivity index is 2.75. The summed E-state index contributed by atoms with van der Waals surface area (Å²) in [6, 6.07) is 3.89. The number of nitrogens with zero attached hydrogens (tertiary/aromatic N) is 1. The molecule has 1 heterocycles. The Labute approximate surface area is 66.1 Å². The predicted molar refractivity (Wildman–Crippen MR) is 45.0 cm³/mol. The van der Waals surface area contributed by atoms with Gasteiger partial charge in [0.15, 0.2) is 0 Å². The van der Waals surface area contributed by atoms with Crippen molar-refractivity contribution in [1.82, 2.24) is 10.3 Å². The first kappa shape index (κ1) is 7.57. The van der Waals surface area contributed by atoms with Crippen LogP contribution in [0.3, 0.4) is 0 Å². The van der Waals surface area contributed by atoms with Gasteiger partial charge >= 0.3 is 0 Å². The first-order valence-corrected chi connectivity index (χ1v) is 3.61. The lowest BCUT2D eigenvalue weighted by atomic mass is 10.3. The maximum Gasteiger partial charge on any atom is 0.0772 e. The van der Waals surface area contributed by atoms with Crippen LogP contribution in [-0.4, -0.2) is 12.0 Å². The molecule has 10 heavy (non-hydrogen) atoms. The maximum atomic E-state index is 4.27. The third-order valence-corrected chi connectivity index (χ3v) is 1.83. The molecule has 0 amide bonds. The summed E-state index contributed by atoms with van der Waals surface area (Å²) >= 11 is 4.27. The molecule has 54 valence electrons. The van der Waals surface area contributed by atoms with Gasteiger partial charge in [0.2, 0.25) is 0 Å². The van der Waals surface area contributed by atoms with Crippen molar-refractivity contribution in [2.75, 3.05) is 7.05 Å². The average molecular weight is 154 g/mol. The Hall–Kier alpha value is -0.540. The van der Waals surface area contributed by atoms with Crippen LogP contribution in [0, 0.1) is 0 Å². The number of thiol groups is 1. The van der Waals surface area contributed by atoms with Gasteiger partial charge < -0.3 is 5.32 Å². The highest BCUT2D eigenvalue weighted by atomic mass is 32.1. The number of rotatable bonds is 2. The smallest absolute Gasteiger partial charge is 0.0772 e. The zero-order valence-corrected chi connectivity index (χ0v) is 6.68. The third-order valence-electron chi connectivity index (χ3n) is 1.27. The highest BCUT2D eigenvalue weighted by Gasteiger charge is 1.99. The summed E-state index contributed by atoms with van der Waals surface area (Å²) in [6.07, 6.45) is 3.55. The van der Waals surface area contributed by atoms with Gasteiger partial charge in [-0.05, 0) is 18.7 Å². The second-order valence-electron chi connectivity index (χ2n) is 1.98. The van der Waals surface area contributed by atoms with Crippen LogP contribution in [0.1, 0.15) is 10.9 Å². The van der Waals surface area contributed by atoms with Crippen LogP contribution in [0.5, 0.6) is 0 Å². The average Bonchev–Trinajstić information content (AvgIpc) is 2.05. The zero-order chi connectivity index (χ0) is 7.40. The summed E-state index contributed by atoms with van der Waals surface area (Å²) < 4.78 is 0. The monoisotopic (exact) mass is 154 g/mol. The second-order valence-corrected chi connectivity index (χ2v) is 2.49. The van der Waals surface area contributed by atoms with Crippen LogP contribution in [0.4, 0.5) is 0 Å². The maximum absolute atomic E-state index is 4.27. The number of pyridine rings is 1. The number of hydrogen-bond donors (Lipinski definition) is 2. The fraction of sp³-hybridized carbons (Fsp3) is 0.286. The van der Waals surface area contributed by atoms with E-state index in [0.29, 0.717) is 0 Å². The number of hydrogen-bond acceptors (Lipinski definition) is 3. The van der Waals surface area contributed by atoms with E-state index in [-0.39, 0.29) is 5.37 Å². The van der Waals surface area contributed by atoms with Crippen LogP contribution in [0.15, 0.2) is 24.5 Å². The van der Waals surface area contributed by atoms with E-state index in [1.165, 1.54) is 0 Å². The molecule has 0 saturated carbocycles. The van der Waals surface area contributed by atoms with E-state index in [1.807, 2.05) is 19.2 Å². The molecule has 0 saturated heterocycles. The molecule has 0 bridgehead atoms. The first-order valence-electron chi connectivity index (χ1n) is 3.10. The fourth-order valence-corrected chi connectivity index (χ4v) is 0.857. The normalized spacial score (nSPS) is 13.0. The Morgan fingerprint density at radius 1 is 1.70 bits per heavy atom. The van der Waals surface area contributed by atoms with Gasteiger partial charge in [-0.15, -0.1) is 0 Å². The lowest BCUT2D eigenvalue weighted by Gasteiger charge is -2.07. The molecule has 1 unspecified atom stereocenters. The Kier molecular flexibility index (Phi) is 2.71. The van der Waals surface area contributed by atoms with E-state index in [1.54, 1.807) is 12.4 Å². The molecule has 0 aliphatic rings. The zero-order valence-electron chi connectivity index (χ0n) is 5.78. The largest absolute Gasteiger partial charge is 0.305 e. The summed E-state index contributed by atoms with van der Waals surface area (Å²) in [6.45, 7) is 0. The number of nitrogens with one attached hydrogen (secondary N) is 1. The van der Waals surface area contributed by atoms with E-state index in [9.17, 15) is 0 Å². The van der Waals surface area contributed by atoms with Gasteiger partial charge in [-0.3, -0.25) is 4.98 Å². The van der Waals surface area contributed by atoms with Crippen molar-refractivity contribution >= 4 is 12.6 Å². The van der Waals surface area contributed by atoms with Gasteiger partial charge in [0.25, 0.3) is 0 Å². The van der Waals surface area contributed by atoms with E-state index in [2.05, 4.69) is 22.9 Å². The van der Waals surface area contributed by atoms with Crippen LogP contribution in [-0.2, 0) is 0 Å². The van der Waals surface area contributed by atoms with Gasteiger partial charge in [0.1, 0.15) is 0 Å². The fourth-order valence-electron chi connectivity index (χ4n) is 0.704. The molecule has 0 aliphatic carbocycles. The minimum atomic E-state index is 0.0914. The predicted octanol–water partition coefficient (Wildman–Crippen LogP) is 1.23. The molecule has 0 aromatic carbocycles. The lowest BCUT2D eigenvalue weighted by Crippen LogP contribution is -2.09. The van der Waals surface area contributed by atoms with E-state index < -0.39 is 0 Å². The van der Waals surface area contributed by atoms with Crippen molar-refractivity contribution in [2.45, 2.75) is 5.37 Å². The van der Waals surface area contributed by atoms with Gasteiger partial charge in [0.05, 0.1) is 5.37 Å². The summed E-state index contributed by atoms with van der Waals surface area (Å²) in [4.78, 5) is 3.96. The number of aromatic nitrogens is 1. The van der Waals surface area contributed by atoms with Crippen molar-refractivity contribution in [3.05, 3.63) is 30.1 Å². The first-order chi connectivity index (χ1) is 4.84. The summed E-state index contributed by atoms with van der Waals surface area (Å²) in [5, 5.41) is 3.10. The van der Waals surface area contributed by atoms with Gasteiger partial charge in [-0.25, -0.2) is 0 Å².